The molecule has 0 aromatic carbocycles. The number of oxime groups is 1. The van der Waals surface area contributed by atoms with Crippen LogP contribution in [0.1, 0.15) is 12.1 Å². The number of thiazole rings is 1. The van der Waals surface area contributed by atoms with Crippen LogP contribution < -0.4 is 11.1 Å². The first-order valence-corrected chi connectivity index (χ1v) is 14.1. The van der Waals surface area contributed by atoms with E-state index in [0.717, 1.165) is 34.9 Å². The molecule has 0 bridgehead atoms. The molecular formula is C20H17N7O6S4. The van der Waals surface area contributed by atoms with Crippen molar-refractivity contribution in [2.24, 2.45) is 5.16 Å². The Hall–Kier alpha value is -3.41. The number of carboxylic acid groups (broad SMARTS) is 1. The number of nitrogen functional groups attached to an aromatic ring is 1. The number of anilines is 1. The van der Waals surface area contributed by atoms with Crippen molar-refractivity contribution < 1.29 is 28.7 Å². The number of carbonyl (C=O) groups excluding carboxylic acids is 2. The highest BCUT2D eigenvalue weighted by atomic mass is 32.2. The van der Waals surface area contributed by atoms with Gasteiger partial charge in [0, 0.05) is 27.6 Å². The van der Waals surface area contributed by atoms with Gasteiger partial charge in [-0.3, -0.25) is 14.5 Å². The Morgan fingerprint density at radius 2 is 2.30 bits per heavy atom. The molecule has 0 spiro atoms. The molecule has 3 aromatic heterocycles. The summed E-state index contributed by atoms with van der Waals surface area (Å²) < 4.78 is 5.74. The highest BCUT2D eigenvalue weighted by molar-refractivity contribution is 8.01. The highest BCUT2D eigenvalue weighted by Gasteiger charge is 2.57. The molecular weight excluding hydrogens is 563 g/mol. The highest BCUT2D eigenvalue weighted by Crippen LogP contribution is 2.55. The lowest BCUT2D eigenvalue weighted by Gasteiger charge is -2.51. The summed E-state index contributed by atoms with van der Waals surface area (Å²) in [5.74, 6) is -2.05. The second-order valence-electron chi connectivity index (χ2n) is 7.51. The zero-order chi connectivity index (χ0) is 26.2. The van der Waals surface area contributed by atoms with Crippen LogP contribution in [-0.2, 0) is 24.1 Å². The number of thiophene rings is 1. The Balaban J connectivity index is 1.59. The molecule has 1 saturated heterocycles. The minimum absolute atomic E-state index is 0.0322. The lowest BCUT2D eigenvalue weighted by Crippen LogP contribution is -2.61. The predicted molar refractivity (Wildman–Crippen MR) is 138 cm³/mol. The number of β-lactam (4-membered cyclic amide) rings is 1. The van der Waals surface area contributed by atoms with Gasteiger partial charge in [0.1, 0.15) is 19.0 Å². The third kappa shape index (κ3) is 4.70. The quantitative estimate of drug-likeness (QED) is 0.145. The molecule has 17 heteroatoms. The first-order chi connectivity index (χ1) is 17.8. The van der Waals surface area contributed by atoms with Gasteiger partial charge in [-0.15, -0.1) is 21.5 Å². The van der Waals surface area contributed by atoms with Crippen molar-refractivity contribution in [1.29, 1.82) is 0 Å². The SMILES string of the molecule is CON=CC(=O)NC1(c2csc(N)n2)S[C@H]2CC(=O)N2C(C(=O)O)=C1CSc1nnc(-c2ccsc2)o1. The van der Waals surface area contributed by atoms with E-state index in [1.165, 1.54) is 35.1 Å². The Morgan fingerprint density at radius 1 is 1.46 bits per heavy atom. The molecule has 2 amide bonds. The van der Waals surface area contributed by atoms with Gasteiger partial charge in [0.15, 0.2) is 10.0 Å². The number of nitrogens with zero attached hydrogens (tertiary/aromatic N) is 5. The largest absolute Gasteiger partial charge is 0.477 e. The molecule has 2 aliphatic heterocycles. The number of carboxylic acids is 1. The number of nitrogens with two attached hydrogens (primary N) is 1. The number of aromatic nitrogens is 3. The fourth-order valence-corrected chi connectivity index (χ4v) is 7.71. The smallest absolute Gasteiger partial charge is 0.352 e. The Labute approximate surface area is 225 Å². The molecule has 5 heterocycles. The summed E-state index contributed by atoms with van der Waals surface area (Å²) >= 11 is 4.87. The van der Waals surface area contributed by atoms with Crippen LogP contribution in [0.15, 0.2) is 48.3 Å². The van der Waals surface area contributed by atoms with Crippen LogP contribution >= 0.6 is 46.2 Å². The topological polar surface area (TPSA) is 186 Å². The molecule has 192 valence electrons. The number of hydrogen-bond acceptors (Lipinski definition) is 14. The number of fused-ring (bicyclic) bond motifs is 1. The fourth-order valence-electron chi connectivity index (χ4n) is 3.78. The van der Waals surface area contributed by atoms with E-state index in [9.17, 15) is 19.5 Å². The summed E-state index contributed by atoms with van der Waals surface area (Å²) in [6.45, 7) is 0. The molecule has 2 atom stereocenters. The van der Waals surface area contributed by atoms with Crippen LogP contribution in [0.5, 0.6) is 0 Å². The van der Waals surface area contributed by atoms with Gasteiger partial charge >= 0.3 is 5.97 Å². The van der Waals surface area contributed by atoms with Crippen molar-refractivity contribution >= 4 is 75.3 Å². The summed E-state index contributed by atoms with van der Waals surface area (Å²) in [7, 11) is 1.28. The minimum Gasteiger partial charge on any atom is -0.477 e. The Kier molecular flexibility index (Phi) is 6.93. The van der Waals surface area contributed by atoms with Gasteiger partial charge in [0.25, 0.3) is 11.1 Å². The average molecular weight is 580 g/mol. The molecule has 37 heavy (non-hydrogen) atoms. The van der Waals surface area contributed by atoms with Crippen LogP contribution in [-0.4, -0.2) is 67.4 Å². The summed E-state index contributed by atoms with van der Waals surface area (Å²) in [6.07, 6.45) is 1.02. The molecule has 0 radical (unpaired) electrons. The maximum absolute atomic E-state index is 12.9. The van der Waals surface area contributed by atoms with Crippen LogP contribution in [0.4, 0.5) is 5.13 Å². The van der Waals surface area contributed by atoms with Gasteiger partial charge in [-0.2, -0.15) is 11.3 Å². The summed E-state index contributed by atoms with van der Waals surface area (Å²) in [5, 5.41) is 29.9. The Morgan fingerprint density at radius 3 is 2.95 bits per heavy atom. The number of carbonyl (C=O) groups is 3. The number of hydrogen-bond donors (Lipinski definition) is 3. The third-order valence-electron chi connectivity index (χ3n) is 5.34. The van der Waals surface area contributed by atoms with Gasteiger partial charge in [0.2, 0.25) is 11.8 Å². The standard InChI is InChI=1S/C20H17N7O6S4/c1-32-22-5-12(28)24-20(11-8-35-18(21)23-11)10(15(17(30)31)27-13(29)4-14(27)37-20)7-36-19-26-25-16(33-19)9-2-3-34-6-9/h2-3,5-6,8,14H,4,7H2,1H3,(H2,21,23)(H,24,28)(H,30,31)/t14-,20?/m0/s1. The van der Waals surface area contributed by atoms with Crippen molar-refractivity contribution in [2.75, 3.05) is 18.6 Å². The van der Waals surface area contributed by atoms with Crippen molar-refractivity contribution in [3.8, 4) is 11.5 Å². The molecule has 5 rings (SSSR count). The van der Waals surface area contributed by atoms with E-state index in [1.54, 1.807) is 5.38 Å². The first-order valence-electron chi connectivity index (χ1n) is 10.4. The number of rotatable bonds is 9. The number of aliphatic carboxylic acids is 1. The van der Waals surface area contributed by atoms with E-state index < -0.39 is 22.1 Å². The molecule has 1 fully saturated rings. The van der Waals surface area contributed by atoms with Crippen molar-refractivity contribution in [2.45, 2.75) is 21.9 Å². The molecule has 3 aromatic rings. The second kappa shape index (κ2) is 10.2. The average Bonchev–Trinajstić information content (AvgIpc) is 3.63. The van der Waals surface area contributed by atoms with E-state index in [4.69, 9.17) is 10.2 Å². The van der Waals surface area contributed by atoms with Gasteiger partial charge in [-0.25, -0.2) is 9.78 Å². The summed E-state index contributed by atoms with van der Waals surface area (Å²) in [4.78, 5) is 46.6. The lowest BCUT2D eigenvalue weighted by atomic mass is 9.98. The van der Waals surface area contributed by atoms with Crippen LogP contribution in [0.25, 0.3) is 11.5 Å². The maximum Gasteiger partial charge on any atom is 0.352 e. The minimum atomic E-state index is -1.48. The monoisotopic (exact) mass is 579 g/mol. The van der Waals surface area contributed by atoms with Crippen molar-refractivity contribution in [3.05, 3.63) is 39.2 Å². The summed E-state index contributed by atoms with van der Waals surface area (Å²) in [5.41, 5.74) is 6.93. The molecule has 4 N–H and O–H groups in total. The molecule has 0 saturated carbocycles. The van der Waals surface area contributed by atoms with Gasteiger partial charge in [-0.1, -0.05) is 28.7 Å². The lowest BCUT2D eigenvalue weighted by molar-refractivity contribution is -0.146. The zero-order valence-electron chi connectivity index (χ0n) is 18.8. The molecule has 0 aliphatic carbocycles. The van der Waals surface area contributed by atoms with E-state index >= 15 is 0 Å². The zero-order valence-corrected chi connectivity index (χ0v) is 22.1. The normalized spacial score (nSPS) is 21.2. The van der Waals surface area contributed by atoms with Crippen molar-refractivity contribution in [1.82, 2.24) is 25.4 Å². The van der Waals surface area contributed by atoms with E-state index in [2.05, 4.69) is 30.5 Å². The molecule has 1 unspecified atom stereocenters. The first kappa shape index (κ1) is 25.2. The number of amides is 2. The summed E-state index contributed by atoms with van der Waals surface area (Å²) in [6, 6.07) is 1.83. The molecule has 2 aliphatic rings. The van der Waals surface area contributed by atoms with Gasteiger partial charge in [-0.05, 0) is 11.4 Å². The van der Waals surface area contributed by atoms with Crippen LogP contribution in [0, 0.1) is 0 Å². The number of thioether (sulfide) groups is 2. The van der Waals surface area contributed by atoms with E-state index in [0.29, 0.717) is 11.6 Å². The fraction of sp³-hybridized carbons (Fsp3) is 0.250. The molecule has 13 nitrogen and oxygen atoms in total. The predicted octanol–water partition coefficient (Wildman–Crippen LogP) is 2.17. The van der Waals surface area contributed by atoms with Gasteiger partial charge < -0.3 is 25.4 Å². The van der Waals surface area contributed by atoms with E-state index in [-0.39, 0.29) is 39.7 Å². The number of nitrogens with one attached hydrogen (secondary N) is 1. The van der Waals surface area contributed by atoms with Crippen LogP contribution in [0.2, 0.25) is 0 Å². The van der Waals surface area contributed by atoms with Gasteiger partial charge in [0.05, 0.1) is 17.5 Å². The third-order valence-corrected chi connectivity index (χ3v) is 9.11. The maximum atomic E-state index is 12.9. The second-order valence-corrected chi connectivity index (χ2v) is 11.5. The van der Waals surface area contributed by atoms with Crippen LogP contribution in [0.3, 0.4) is 0 Å². The van der Waals surface area contributed by atoms with Crippen molar-refractivity contribution in [3.63, 3.8) is 0 Å². The van der Waals surface area contributed by atoms with E-state index in [1.807, 2.05) is 16.8 Å². The Bertz CT molecular complexity index is 1420.